The van der Waals surface area contributed by atoms with Crippen LogP contribution in [0.4, 0.5) is 5.69 Å². The van der Waals surface area contributed by atoms with E-state index in [4.69, 9.17) is 11.6 Å². The van der Waals surface area contributed by atoms with Crippen LogP contribution in [0.3, 0.4) is 0 Å². The summed E-state index contributed by atoms with van der Waals surface area (Å²) in [6, 6.07) is 11.6. The number of amides is 1. The Hall–Kier alpha value is -3.25. The van der Waals surface area contributed by atoms with Gasteiger partial charge in [-0.2, -0.15) is 0 Å². The number of nitrogens with one attached hydrogen (secondary N) is 1. The van der Waals surface area contributed by atoms with E-state index in [-0.39, 0.29) is 5.91 Å². The van der Waals surface area contributed by atoms with Gasteiger partial charge in [-0.1, -0.05) is 49.1 Å². The van der Waals surface area contributed by atoms with Gasteiger partial charge in [0.25, 0.3) is 11.7 Å². The average molecular weight is 460 g/mol. The minimum atomic E-state index is -0.172. The molecule has 0 saturated heterocycles. The molecule has 1 aliphatic rings. The van der Waals surface area contributed by atoms with Gasteiger partial charge >= 0.3 is 0 Å². The maximum absolute atomic E-state index is 13.2. The van der Waals surface area contributed by atoms with Gasteiger partial charge in [0.2, 0.25) is 0 Å². The number of aryl methyl sites for hydroxylation is 1. The van der Waals surface area contributed by atoms with E-state index in [0.717, 1.165) is 40.9 Å². The number of carbonyl (C=O) groups is 1. The number of hydrogen-bond donors (Lipinski definition) is 1. The Bertz CT molecular complexity index is 1340. The molecule has 1 N–H and O–H groups in total. The first-order valence-corrected chi connectivity index (χ1v) is 11.8. The molecule has 4 aromatic rings. The van der Waals surface area contributed by atoms with Gasteiger partial charge in [-0.15, -0.1) is 10.2 Å². The molecular weight excluding hydrogens is 434 g/mol. The zero-order chi connectivity index (χ0) is 22.9. The fourth-order valence-corrected chi connectivity index (χ4v) is 5.04. The molecule has 1 aliphatic carbocycles. The third-order valence-corrected chi connectivity index (χ3v) is 6.81. The lowest BCUT2D eigenvalue weighted by molar-refractivity contribution is 0.102. The monoisotopic (exact) mass is 459 g/mol. The van der Waals surface area contributed by atoms with E-state index < -0.39 is 0 Å². The van der Waals surface area contributed by atoms with Gasteiger partial charge in [-0.05, 0) is 67.1 Å². The molecule has 0 unspecified atom stereocenters. The minimum Gasteiger partial charge on any atom is -0.319 e. The highest BCUT2D eigenvalue weighted by atomic mass is 35.5. The first kappa shape index (κ1) is 21.6. The number of rotatable bonds is 4. The summed E-state index contributed by atoms with van der Waals surface area (Å²) in [6.07, 6.45) is 9.46. The minimum absolute atomic E-state index is 0.172. The van der Waals surface area contributed by atoms with Crippen LogP contribution in [0.5, 0.6) is 0 Å². The topological polar surface area (TPSA) is 72.2 Å². The van der Waals surface area contributed by atoms with Gasteiger partial charge in [0.1, 0.15) is 5.82 Å². The molecule has 0 bridgehead atoms. The second kappa shape index (κ2) is 8.94. The second-order valence-corrected chi connectivity index (χ2v) is 9.23. The summed E-state index contributed by atoms with van der Waals surface area (Å²) in [7, 11) is 0. The molecule has 7 heteroatoms. The van der Waals surface area contributed by atoms with E-state index in [1.54, 1.807) is 6.20 Å². The largest absolute Gasteiger partial charge is 0.319 e. The highest BCUT2D eigenvalue weighted by Gasteiger charge is 2.22. The van der Waals surface area contributed by atoms with Gasteiger partial charge in [-0.3, -0.25) is 9.20 Å². The predicted molar refractivity (Wildman–Crippen MR) is 131 cm³/mol. The zero-order valence-electron chi connectivity index (χ0n) is 18.8. The fourth-order valence-electron chi connectivity index (χ4n) is 4.81. The van der Waals surface area contributed by atoms with Gasteiger partial charge in [0.15, 0.2) is 0 Å². The van der Waals surface area contributed by atoms with Crippen molar-refractivity contribution in [1.29, 1.82) is 0 Å². The van der Waals surface area contributed by atoms with Crippen molar-refractivity contribution in [2.75, 3.05) is 5.32 Å². The molecule has 2 aromatic carbocycles. The van der Waals surface area contributed by atoms with Crippen molar-refractivity contribution in [2.24, 2.45) is 0 Å². The van der Waals surface area contributed by atoms with Crippen LogP contribution in [0.2, 0.25) is 5.02 Å². The van der Waals surface area contributed by atoms with Crippen LogP contribution >= 0.6 is 11.6 Å². The first-order chi connectivity index (χ1) is 16.0. The van der Waals surface area contributed by atoms with Crippen molar-refractivity contribution >= 4 is 29.0 Å². The SMILES string of the molecule is Cc1cc(Cl)ccc1-c1cccc(C(=O)Nc2cnc3nnc(C4CCCCC4)n3c2)c1C. The molecule has 0 aliphatic heterocycles. The van der Waals surface area contributed by atoms with Crippen molar-refractivity contribution in [3.8, 4) is 11.1 Å². The molecule has 2 heterocycles. The van der Waals surface area contributed by atoms with Crippen LogP contribution < -0.4 is 5.32 Å². The van der Waals surface area contributed by atoms with Gasteiger partial charge < -0.3 is 5.32 Å². The van der Waals surface area contributed by atoms with Crippen molar-refractivity contribution < 1.29 is 4.79 Å². The van der Waals surface area contributed by atoms with Crippen molar-refractivity contribution in [2.45, 2.75) is 51.9 Å². The molecule has 1 fully saturated rings. The smallest absolute Gasteiger partial charge is 0.256 e. The average Bonchev–Trinajstić information content (AvgIpc) is 3.23. The summed E-state index contributed by atoms with van der Waals surface area (Å²) in [6.45, 7) is 4.00. The summed E-state index contributed by atoms with van der Waals surface area (Å²) in [5.74, 6) is 1.71. The van der Waals surface area contributed by atoms with Crippen LogP contribution in [-0.2, 0) is 0 Å². The zero-order valence-corrected chi connectivity index (χ0v) is 19.6. The van der Waals surface area contributed by atoms with E-state index in [0.29, 0.717) is 28.0 Å². The molecule has 5 rings (SSSR count). The molecule has 0 radical (unpaired) electrons. The van der Waals surface area contributed by atoms with Crippen LogP contribution in [0.15, 0.2) is 48.8 Å². The standard InChI is InChI=1S/C26H26ClN5O/c1-16-13-19(27)11-12-21(16)22-9-6-10-23(17(22)2)25(33)29-20-14-28-26-31-30-24(32(26)15-20)18-7-4-3-5-8-18/h6,9-15,18H,3-5,7-8H2,1-2H3,(H,29,33). The molecule has 0 atom stereocenters. The Morgan fingerprint density at radius 3 is 2.67 bits per heavy atom. The van der Waals surface area contributed by atoms with Crippen molar-refractivity contribution in [3.05, 3.63) is 76.3 Å². The highest BCUT2D eigenvalue weighted by Crippen LogP contribution is 2.32. The van der Waals surface area contributed by atoms with Crippen molar-refractivity contribution in [1.82, 2.24) is 19.6 Å². The first-order valence-electron chi connectivity index (χ1n) is 11.4. The molecule has 1 amide bonds. The Morgan fingerprint density at radius 1 is 1.06 bits per heavy atom. The quantitative estimate of drug-likeness (QED) is 0.385. The van der Waals surface area contributed by atoms with Crippen molar-refractivity contribution in [3.63, 3.8) is 0 Å². The number of halogens is 1. The predicted octanol–water partition coefficient (Wildman–Crippen LogP) is 6.36. The van der Waals surface area contributed by atoms with E-state index in [2.05, 4.69) is 20.5 Å². The van der Waals surface area contributed by atoms with Crippen LogP contribution in [0.1, 0.15) is 65.3 Å². The van der Waals surface area contributed by atoms with Crippen LogP contribution in [0.25, 0.3) is 16.9 Å². The molecule has 0 spiro atoms. The highest BCUT2D eigenvalue weighted by molar-refractivity contribution is 6.30. The van der Waals surface area contributed by atoms with E-state index in [9.17, 15) is 4.79 Å². The number of carbonyl (C=O) groups excluding carboxylic acids is 1. The fraction of sp³-hybridized carbons (Fsp3) is 0.308. The van der Waals surface area contributed by atoms with Gasteiger partial charge in [-0.25, -0.2) is 4.98 Å². The summed E-state index contributed by atoms with van der Waals surface area (Å²) in [4.78, 5) is 17.6. The van der Waals surface area contributed by atoms with E-state index in [1.165, 1.54) is 19.3 Å². The maximum atomic E-state index is 13.2. The Labute approximate surface area is 198 Å². The van der Waals surface area contributed by atoms with E-state index in [1.807, 2.05) is 60.8 Å². The summed E-state index contributed by atoms with van der Waals surface area (Å²) in [5, 5.41) is 12.3. The summed E-state index contributed by atoms with van der Waals surface area (Å²) >= 11 is 6.13. The molecule has 1 saturated carbocycles. The van der Waals surface area contributed by atoms with Crippen LogP contribution in [0, 0.1) is 13.8 Å². The van der Waals surface area contributed by atoms with Gasteiger partial charge in [0, 0.05) is 22.7 Å². The Kier molecular flexibility index (Phi) is 5.85. The number of nitrogens with zero attached hydrogens (tertiary/aromatic N) is 4. The number of benzene rings is 2. The van der Waals surface area contributed by atoms with Crippen LogP contribution in [-0.4, -0.2) is 25.5 Å². The number of hydrogen-bond acceptors (Lipinski definition) is 4. The van der Waals surface area contributed by atoms with E-state index >= 15 is 0 Å². The Balaban J connectivity index is 1.44. The normalized spacial score (nSPS) is 14.5. The molecule has 168 valence electrons. The molecule has 6 nitrogen and oxygen atoms in total. The van der Waals surface area contributed by atoms with Gasteiger partial charge in [0.05, 0.1) is 11.9 Å². The lowest BCUT2D eigenvalue weighted by atomic mass is 9.89. The number of aromatic nitrogens is 4. The molecular formula is C26H26ClN5O. The number of anilines is 1. The molecule has 33 heavy (non-hydrogen) atoms. The molecule has 2 aromatic heterocycles. The summed E-state index contributed by atoms with van der Waals surface area (Å²) in [5.41, 5.74) is 5.32. The third kappa shape index (κ3) is 4.23. The lowest BCUT2D eigenvalue weighted by Crippen LogP contribution is -2.15. The Morgan fingerprint density at radius 2 is 1.88 bits per heavy atom. The number of fused-ring (bicyclic) bond motifs is 1. The summed E-state index contributed by atoms with van der Waals surface area (Å²) < 4.78 is 1.92. The lowest BCUT2D eigenvalue weighted by Gasteiger charge is -2.19. The maximum Gasteiger partial charge on any atom is 0.256 e. The third-order valence-electron chi connectivity index (χ3n) is 6.58. The second-order valence-electron chi connectivity index (χ2n) is 8.80.